The van der Waals surface area contributed by atoms with E-state index in [2.05, 4.69) is 39.2 Å². The van der Waals surface area contributed by atoms with Crippen LogP contribution in [-0.4, -0.2) is 34.6 Å². The van der Waals surface area contributed by atoms with E-state index in [1.54, 1.807) is 12.1 Å². The van der Waals surface area contributed by atoms with Crippen molar-refractivity contribution in [1.82, 2.24) is 9.62 Å². The highest BCUT2D eigenvalue weighted by molar-refractivity contribution is 7.96. The second-order valence-electron chi connectivity index (χ2n) is 6.67. The quantitative estimate of drug-likeness (QED) is 0.821. The minimum atomic E-state index is -3.45. The van der Waals surface area contributed by atoms with E-state index >= 15 is 0 Å². The molecule has 6 heteroatoms. The van der Waals surface area contributed by atoms with Gasteiger partial charge >= 0.3 is 0 Å². The Morgan fingerprint density at radius 3 is 2.71 bits per heavy atom. The molecular weight excluding hydrogens is 322 g/mol. The summed E-state index contributed by atoms with van der Waals surface area (Å²) in [5.41, 5.74) is 1.72. The van der Waals surface area contributed by atoms with Gasteiger partial charge in [-0.15, -0.1) is 4.72 Å². The first-order valence-electron chi connectivity index (χ1n) is 8.20. The molecule has 126 valence electrons. The molecule has 2 N–H and O–H groups in total. The fourth-order valence-corrected chi connectivity index (χ4v) is 4.91. The van der Waals surface area contributed by atoms with Crippen LogP contribution < -0.4 is 10.0 Å². The highest BCUT2D eigenvalue weighted by Gasteiger charge is 2.43. The van der Waals surface area contributed by atoms with Crippen molar-refractivity contribution in [1.29, 1.82) is 0 Å². The van der Waals surface area contributed by atoms with Gasteiger partial charge in [0.05, 0.1) is 17.8 Å². The van der Waals surface area contributed by atoms with Gasteiger partial charge in [0.15, 0.2) is 15.3 Å². The normalized spacial score (nSPS) is 29.9. The van der Waals surface area contributed by atoms with E-state index in [4.69, 9.17) is 0 Å². The Balaban J connectivity index is 1.56. The van der Waals surface area contributed by atoms with Crippen molar-refractivity contribution in [3.8, 4) is 0 Å². The van der Waals surface area contributed by atoms with E-state index < -0.39 is 10.4 Å². The summed E-state index contributed by atoms with van der Waals surface area (Å²) in [6.45, 7) is 3.07. The van der Waals surface area contributed by atoms with Crippen molar-refractivity contribution < 1.29 is 8.76 Å². The smallest absolute Gasteiger partial charge is 0.198 e. The summed E-state index contributed by atoms with van der Waals surface area (Å²) >= 11 is 0. The zero-order valence-corrected chi connectivity index (χ0v) is 14.2. The van der Waals surface area contributed by atoms with Crippen molar-refractivity contribution in [3.05, 3.63) is 60.2 Å². The largest absolute Gasteiger partial charge is 0.593 e. The van der Waals surface area contributed by atoms with Gasteiger partial charge in [0, 0.05) is 19.6 Å². The number of nitrogens with one attached hydrogen (secondary N) is 2. The van der Waals surface area contributed by atoms with Crippen molar-refractivity contribution in [2.24, 2.45) is 0 Å². The van der Waals surface area contributed by atoms with Gasteiger partial charge in [0.25, 0.3) is 0 Å². The Morgan fingerprint density at radius 2 is 1.88 bits per heavy atom. The van der Waals surface area contributed by atoms with Crippen LogP contribution in [0.2, 0.25) is 0 Å². The summed E-state index contributed by atoms with van der Waals surface area (Å²) in [4.78, 5) is 2.72. The van der Waals surface area contributed by atoms with Crippen LogP contribution in [0, 0.1) is 0 Å². The minimum Gasteiger partial charge on any atom is -0.593 e. The molecule has 0 bridgehead atoms. The summed E-state index contributed by atoms with van der Waals surface area (Å²) in [5.74, 6) is 0. The second kappa shape index (κ2) is 5.97. The molecule has 1 saturated heterocycles. The summed E-state index contributed by atoms with van der Waals surface area (Å²) < 4.78 is 27.7. The van der Waals surface area contributed by atoms with Gasteiger partial charge in [-0.1, -0.05) is 46.7 Å². The third kappa shape index (κ3) is 2.98. The van der Waals surface area contributed by atoms with Gasteiger partial charge in [-0.05, 0) is 24.1 Å². The number of para-hydroxylation sites is 1. The molecule has 2 aromatic carbocycles. The molecule has 2 heterocycles. The first-order valence-corrected chi connectivity index (χ1v) is 9.68. The van der Waals surface area contributed by atoms with Gasteiger partial charge in [-0.3, -0.25) is 4.90 Å². The van der Waals surface area contributed by atoms with Crippen molar-refractivity contribution in [2.75, 3.05) is 25.0 Å². The Kier molecular flexibility index (Phi) is 3.92. The van der Waals surface area contributed by atoms with Crippen molar-refractivity contribution >= 4 is 16.1 Å². The lowest BCUT2D eigenvalue weighted by Crippen LogP contribution is -2.49. The zero-order valence-electron chi connectivity index (χ0n) is 13.4. The molecule has 0 amide bonds. The van der Waals surface area contributed by atoms with E-state index in [0.29, 0.717) is 17.1 Å². The molecule has 2 aromatic rings. The van der Waals surface area contributed by atoms with Gasteiger partial charge < -0.3 is 9.87 Å². The van der Waals surface area contributed by atoms with Crippen LogP contribution in [0.15, 0.2) is 59.5 Å². The van der Waals surface area contributed by atoms with Crippen LogP contribution in [0.5, 0.6) is 0 Å². The lowest BCUT2D eigenvalue weighted by atomic mass is 9.98. The number of hydrogen-bond acceptors (Lipinski definition) is 4. The predicted octanol–water partition coefficient (Wildman–Crippen LogP) is 2.25. The number of rotatable bonds is 2. The molecule has 0 radical (unpaired) electrons. The molecule has 2 atom stereocenters. The summed E-state index contributed by atoms with van der Waals surface area (Å²) in [7, 11) is -3.45. The third-order valence-corrected chi connectivity index (χ3v) is 6.32. The minimum absolute atomic E-state index is 0.256. The predicted molar refractivity (Wildman–Crippen MR) is 94.2 cm³/mol. The number of anilines is 1. The van der Waals surface area contributed by atoms with Crippen LogP contribution in [0.4, 0.5) is 5.69 Å². The molecule has 24 heavy (non-hydrogen) atoms. The molecule has 2 aliphatic heterocycles. The van der Waals surface area contributed by atoms with E-state index in [-0.39, 0.29) is 5.54 Å². The highest BCUT2D eigenvalue weighted by Crippen LogP contribution is 2.34. The van der Waals surface area contributed by atoms with Crippen LogP contribution in [0.25, 0.3) is 0 Å². The highest BCUT2D eigenvalue weighted by atomic mass is 32.3. The maximum atomic E-state index is 12.4. The summed E-state index contributed by atoms with van der Waals surface area (Å²) in [5, 5.41) is 3.52. The Morgan fingerprint density at radius 1 is 1.12 bits per heavy atom. The maximum Gasteiger partial charge on any atom is 0.198 e. The Labute approximate surface area is 143 Å². The molecule has 0 aliphatic carbocycles. The van der Waals surface area contributed by atoms with Crippen LogP contribution >= 0.6 is 0 Å². The fourth-order valence-electron chi connectivity index (χ4n) is 3.63. The first kappa shape index (κ1) is 15.8. The van der Waals surface area contributed by atoms with E-state index in [0.717, 1.165) is 26.1 Å². The topological polar surface area (TPSA) is 67.4 Å². The van der Waals surface area contributed by atoms with Crippen LogP contribution in [-0.2, 0) is 21.2 Å². The maximum absolute atomic E-state index is 12.4. The number of nitrogens with zero attached hydrogens (tertiary/aromatic N) is 1. The van der Waals surface area contributed by atoms with Crippen LogP contribution in [0.1, 0.15) is 12.0 Å². The molecular formula is C18H21N3O2S. The molecule has 5 nitrogen and oxygen atoms in total. The first-order chi connectivity index (χ1) is 11.6. The number of benzene rings is 2. The van der Waals surface area contributed by atoms with Gasteiger partial charge in [0.1, 0.15) is 0 Å². The molecule has 0 saturated carbocycles. The molecule has 0 aromatic heterocycles. The van der Waals surface area contributed by atoms with Gasteiger partial charge in [-0.2, -0.15) is 0 Å². The molecule has 2 unspecified atom stereocenters. The molecule has 1 fully saturated rings. The summed E-state index contributed by atoms with van der Waals surface area (Å²) in [6, 6.07) is 17.5. The number of likely N-dealkylation sites (tertiary alicyclic amines) is 1. The van der Waals surface area contributed by atoms with Gasteiger partial charge in [0.2, 0.25) is 0 Å². The third-order valence-electron chi connectivity index (χ3n) is 4.86. The van der Waals surface area contributed by atoms with Crippen molar-refractivity contribution in [3.63, 3.8) is 0 Å². The van der Waals surface area contributed by atoms with Gasteiger partial charge in [-0.25, -0.2) is 0 Å². The molecule has 4 rings (SSSR count). The average Bonchev–Trinajstić information content (AvgIpc) is 2.92. The second-order valence-corrected chi connectivity index (χ2v) is 8.41. The van der Waals surface area contributed by atoms with E-state index in [1.807, 2.05) is 18.2 Å². The Bertz CT molecular complexity index is 783. The average molecular weight is 343 g/mol. The number of sulfonamides is 1. The van der Waals surface area contributed by atoms with E-state index in [9.17, 15) is 8.76 Å². The molecule has 2 aliphatic rings. The SMILES string of the molecule is O=[S+]1([O-])NCC2(CCN(Cc3ccccc3)C2)Nc2ccccc21. The lowest BCUT2D eigenvalue weighted by Gasteiger charge is -2.29. The fraction of sp³-hybridized carbons (Fsp3) is 0.333. The number of fused-ring (bicyclic) bond motifs is 1. The van der Waals surface area contributed by atoms with E-state index in [1.165, 1.54) is 5.56 Å². The standard InChI is InChI=1S/C18H21N3O2S/c22-24(23)17-9-5-4-8-16(17)20-18(13-19-24)10-11-21(14-18)12-15-6-2-1-3-7-15/h1-9,20H,10-14H2,(H-,19,22,23). The lowest BCUT2D eigenvalue weighted by molar-refractivity contribution is 0.310. The Hall–Kier alpha value is -1.73. The summed E-state index contributed by atoms with van der Waals surface area (Å²) in [6.07, 6.45) is 0.913. The zero-order chi connectivity index (χ0) is 16.6. The molecule has 1 spiro atoms. The number of hydrogen-bond donors (Lipinski definition) is 2. The monoisotopic (exact) mass is 343 g/mol. The van der Waals surface area contributed by atoms with Crippen molar-refractivity contribution in [2.45, 2.75) is 23.4 Å². The van der Waals surface area contributed by atoms with Crippen LogP contribution in [0.3, 0.4) is 0 Å².